The molecule has 0 saturated heterocycles. The largest absolute Gasteiger partial charge is 0.345 e. The van der Waals surface area contributed by atoms with Crippen LogP contribution in [0, 0.1) is 34.6 Å². The Labute approximate surface area is 292 Å². The molecule has 0 aliphatic carbocycles. The summed E-state index contributed by atoms with van der Waals surface area (Å²) >= 11 is 0. The Balaban J connectivity index is 1.08. The lowest BCUT2D eigenvalue weighted by Crippen LogP contribution is -2.09. The van der Waals surface area contributed by atoms with Gasteiger partial charge in [-0.25, -0.2) is 0 Å². The molecule has 0 amide bonds. The van der Waals surface area contributed by atoms with Gasteiger partial charge in [0.25, 0.3) is 0 Å². The molecular formula is C48H43N. The minimum atomic E-state index is 1.17. The summed E-state index contributed by atoms with van der Waals surface area (Å²) in [5.74, 6) is 0. The highest BCUT2D eigenvalue weighted by Crippen LogP contribution is 2.36. The van der Waals surface area contributed by atoms with Crippen LogP contribution in [0.4, 0.5) is 11.4 Å². The van der Waals surface area contributed by atoms with Gasteiger partial charge in [-0.2, -0.15) is 0 Å². The summed E-state index contributed by atoms with van der Waals surface area (Å²) in [6, 6.07) is 55.6. The fraction of sp³-hybridized carbons (Fsp3) is 0.125. The molecule has 0 aliphatic heterocycles. The molecule has 0 aromatic heterocycles. The molecular weight excluding hydrogens is 591 g/mol. The average molecular weight is 634 g/mol. The van der Waals surface area contributed by atoms with E-state index in [0.29, 0.717) is 0 Å². The highest BCUT2D eigenvalue weighted by molar-refractivity contribution is 5.80. The maximum absolute atomic E-state index is 2.35. The van der Waals surface area contributed by atoms with E-state index < -0.39 is 0 Å². The number of aryl methyl sites for hydroxylation is 5. The van der Waals surface area contributed by atoms with Crippen LogP contribution in [-0.4, -0.2) is 7.05 Å². The van der Waals surface area contributed by atoms with Gasteiger partial charge in [-0.3, -0.25) is 0 Å². The van der Waals surface area contributed by atoms with Gasteiger partial charge in [-0.15, -0.1) is 0 Å². The lowest BCUT2D eigenvalue weighted by molar-refractivity contribution is 1.20. The van der Waals surface area contributed by atoms with Crippen molar-refractivity contribution in [2.75, 3.05) is 11.9 Å². The van der Waals surface area contributed by atoms with Crippen LogP contribution in [0.15, 0.2) is 152 Å². The Bertz CT molecular complexity index is 2240. The molecule has 49 heavy (non-hydrogen) atoms. The van der Waals surface area contributed by atoms with E-state index in [0.717, 1.165) is 0 Å². The zero-order valence-electron chi connectivity index (χ0n) is 29.4. The fourth-order valence-corrected chi connectivity index (χ4v) is 7.07. The Morgan fingerprint density at radius 3 is 1.18 bits per heavy atom. The van der Waals surface area contributed by atoms with Gasteiger partial charge in [-0.1, -0.05) is 133 Å². The summed E-state index contributed by atoms with van der Waals surface area (Å²) in [6.07, 6.45) is 0. The molecule has 7 rings (SSSR count). The summed E-state index contributed by atoms with van der Waals surface area (Å²) in [6.45, 7) is 11.0. The van der Waals surface area contributed by atoms with Crippen molar-refractivity contribution in [3.63, 3.8) is 0 Å². The second-order valence-electron chi connectivity index (χ2n) is 13.4. The van der Waals surface area contributed by atoms with Crippen LogP contribution >= 0.6 is 0 Å². The first-order valence-electron chi connectivity index (χ1n) is 17.1. The van der Waals surface area contributed by atoms with Crippen LogP contribution in [0.2, 0.25) is 0 Å². The molecule has 0 bridgehead atoms. The molecule has 0 saturated carbocycles. The first-order chi connectivity index (χ1) is 23.7. The average Bonchev–Trinajstić information content (AvgIpc) is 3.13. The maximum Gasteiger partial charge on any atom is 0.0411 e. The Morgan fingerprint density at radius 2 is 0.694 bits per heavy atom. The van der Waals surface area contributed by atoms with Crippen LogP contribution in [0.1, 0.15) is 27.8 Å². The number of rotatable bonds is 7. The van der Waals surface area contributed by atoms with E-state index >= 15 is 0 Å². The van der Waals surface area contributed by atoms with Gasteiger partial charge in [0, 0.05) is 18.4 Å². The third-order valence-corrected chi connectivity index (χ3v) is 9.93. The molecule has 0 fully saturated rings. The SMILES string of the molecule is Cc1ccc(-c2ccc(-c3cc(C)c(-c4ccc(-c5ccc(N(C)c6ccc(-c7ccccc7)cc6)cc5C)cc4)cc3C)cc2)c(C)c1. The lowest BCUT2D eigenvalue weighted by atomic mass is 9.90. The van der Waals surface area contributed by atoms with Crippen molar-refractivity contribution in [2.45, 2.75) is 34.6 Å². The Hall–Kier alpha value is -5.66. The van der Waals surface area contributed by atoms with Gasteiger partial charge >= 0.3 is 0 Å². The van der Waals surface area contributed by atoms with Crippen molar-refractivity contribution in [1.82, 2.24) is 0 Å². The summed E-state index contributed by atoms with van der Waals surface area (Å²) in [5.41, 5.74) is 21.4. The molecule has 240 valence electrons. The first kappa shape index (κ1) is 31.9. The van der Waals surface area contributed by atoms with Crippen molar-refractivity contribution >= 4 is 11.4 Å². The van der Waals surface area contributed by atoms with E-state index in [1.165, 1.54) is 94.8 Å². The second-order valence-corrected chi connectivity index (χ2v) is 13.4. The van der Waals surface area contributed by atoms with E-state index in [1.807, 2.05) is 0 Å². The monoisotopic (exact) mass is 633 g/mol. The molecule has 1 heteroatoms. The van der Waals surface area contributed by atoms with Crippen LogP contribution in [0.3, 0.4) is 0 Å². The molecule has 0 heterocycles. The molecule has 7 aromatic rings. The highest BCUT2D eigenvalue weighted by atomic mass is 15.1. The molecule has 1 nitrogen and oxygen atoms in total. The Kier molecular flexibility index (Phi) is 8.76. The lowest BCUT2D eigenvalue weighted by Gasteiger charge is -2.21. The number of hydrogen-bond donors (Lipinski definition) is 0. The topological polar surface area (TPSA) is 3.24 Å². The van der Waals surface area contributed by atoms with Crippen LogP contribution < -0.4 is 4.90 Å². The van der Waals surface area contributed by atoms with Gasteiger partial charge in [0.15, 0.2) is 0 Å². The van der Waals surface area contributed by atoms with Gasteiger partial charge in [0.2, 0.25) is 0 Å². The second kappa shape index (κ2) is 13.5. The first-order valence-corrected chi connectivity index (χ1v) is 17.1. The van der Waals surface area contributed by atoms with Crippen LogP contribution in [0.25, 0.3) is 55.6 Å². The molecule has 0 atom stereocenters. The van der Waals surface area contributed by atoms with Gasteiger partial charge in [-0.05, 0) is 137 Å². The number of anilines is 2. The molecule has 0 aliphatic rings. The third-order valence-electron chi connectivity index (χ3n) is 9.93. The van der Waals surface area contributed by atoms with Crippen molar-refractivity contribution in [3.8, 4) is 55.6 Å². The van der Waals surface area contributed by atoms with Gasteiger partial charge in [0.05, 0.1) is 0 Å². The van der Waals surface area contributed by atoms with E-state index in [1.54, 1.807) is 0 Å². The predicted molar refractivity (Wildman–Crippen MR) is 212 cm³/mol. The van der Waals surface area contributed by atoms with Crippen LogP contribution in [-0.2, 0) is 0 Å². The van der Waals surface area contributed by atoms with E-state index in [2.05, 4.69) is 198 Å². The zero-order chi connectivity index (χ0) is 34.1. The standard InChI is InChI=1S/C48H43N/c1-32-12-26-45(33(2)28-32)39-13-17-41(18-14-39)47-30-36(5)48(31-35(47)4)42-19-15-40(16-20-42)46-27-25-44(29-34(46)3)49(6)43-23-21-38(22-24-43)37-10-8-7-9-11-37/h7-31H,1-6H3. The maximum atomic E-state index is 2.35. The smallest absolute Gasteiger partial charge is 0.0411 e. The number of hydrogen-bond acceptors (Lipinski definition) is 1. The zero-order valence-corrected chi connectivity index (χ0v) is 29.4. The predicted octanol–water partition coefficient (Wildman–Crippen LogP) is 13.3. The summed E-state index contributed by atoms with van der Waals surface area (Å²) < 4.78 is 0. The van der Waals surface area contributed by atoms with Gasteiger partial charge in [0.1, 0.15) is 0 Å². The van der Waals surface area contributed by atoms with Crippen molar-refractivity contribution in [1.29, 1.82) is 0 Å². The quantitative estimate of drug-likeness (QED) is 0.169. The van der Waals surface area contributed by atoms with Gasteiger partial charge < -0.3 is 4.90 Å². The minimum absolute atomic E-state index is 1.17. The van der Waals surface area contributed by atoms with E-state index in [4.69, 9.17) is 0 Å². The Morgan fingerprint density at radius 1 is 0.306 bits per heavy atom. The van der Waals surface area contributed by atoms with Crippen molar-refractivity contribution in [2.24, 2.45) is 0 Å². The summed E-state index contributed by atoms with van der Waals surface area (Å²) in [5, 5.41) is 0. The third kappa shape index (κ3) is 6.58. The molecule has 0 unspecified atom stereocenters. The van der Waals surface area contributed by atoms with Crippen LogP contribution in [0.5, 0.6) is 0 Å². The number of benzene rings is 7. The normalized spacial score (nSPS) is 11.1. The fourth-order valence-electron chi connectivity index (χ4n) is 7.07. The molecule has 0 N–H and O–H groups in total. The van der Waals surface area contributed by atoms with Crippen molar-refractivity contribution in [3.05, 3.63) is 179 Å². The highest BCUT2D eigenvalue weighted by Gasteiger charge is 2.12. The summed E-state index contributed by atoms with van der Waals surface area (Å²) in [4.78, 5) is 2.25. The van der Waals surface area contributed by atoms with Crippen molar-refractivity contribution < 1.29 is 0 Å². The number of nitrogens with zero attached hydrogens (tertiary/aromatic N) is 1. The van der Waals surface area contributed by atoms with E-state index in [9.17, 15) is 0 Å². The molecule has 0 spiro atoms. The molecule has 0 radical (unpaired) electrons. The minimum Gasteiger partial charge on any atom is -0.345 e. The molecule has 7 aromatic carbocycles. The summed E-state index contributed by atoms with van der Waals surface area (Å²) in [7, 11) is 2.14. The van der Waals surface area contributed by atoms with E-state index in [-0.39, 0.29) is 0 Å².